The van der Waals surface area contributed by atoms with Crippen molar-refractivity contribution in [3.63, 3.8) is 0 Å². The molecule has 1 aliphatic heterocycles. The number of likely N-dealkylation sites (N-methyl/N-ethyl adjacent to an activating group) is 1. The second-order valence-corrected chi connectivity index (χ2v) is 4.75. The number of halogens is 2. The van der Waals surface area contributed by atoms with Crippen molar-refractivity contribution in [2.45, 2.75) is 25.6 Å². The molecule has 0 unspecified atom stereocenters. The maximum Gasteiger partial charge on any atom is 0.333 e. The Labute approximate surface area is 115 Å². The van der Waals surface area contributed by atoms with E-state index in [4.69, 9.17) is 4.74 Å². The third-order valence-electron chi connectivity index (χ3n) is 3.19. The van der Waals surface area contributed by atoms with Crippen LogP contribution in [0.2, 0.25) is 0 Å². The zero-order chi connectivity index (χ0) is 14.7. The predicted octanol–water partition coefficient (Wildman–Crippen LogP) is 0.727. The number of carbonyl (C=O) groups is 1. The summed E-state index contributed by atoms with van der Waals surface area (Å²) in [5.74, 6) is -0.464. The monoisotopic (exact) mass is 288 g/mol. The summed E-state index contributed by atoms with van der Waals surface area (Å²) >= 11 is 0. The Kier molecular flexibility index (Phi) is 4.66. The fourth-order valence-electron chi connectivity index (χ4n) is 2.29. The van der Waals surface area contributed by atoms with Gasteiger partial charge in [0.05, 0.1) is 12.1 Å². The zero-order valence-corrected chi connectivity index (χ0v) is 11.4. The van der Waals surface area contributed by atoms with Crippen molar-refractivity contribution in [3.05, 3.63) is 18.0 Å². The number of amides is 1. The van der Waals surface area contributed by atoms with Crippen molar-refractivity contribution in [2.75, 3.05) is 26.7 Å². The molecule has 6 nitrogen and oxygen atoms in total. The number of carbonyl (C=O) groups excluding carboxylic acids is 1. The van der Waals surface area contributed by atoms with Crippen molar-refractivity contribution >= 4 is 5.91 Å². The molecule has 1 fully saturated rings. The fourth-order valence-corrected chi connectivity index (χ4v) is 2.29. The Morgan fingerprint density at radius 3 is 2.95 bits per heavy atom. The number of alkyl halides is 2. The minimum absolute atomic E-state index is 0.0184. The van der Waals surface area contributed by atoms with Gasteiger partial charge in [-0.1, -0.05) is 0 Å². The van der Waals surface area contributed by atoms with Gasteiger partial charge < -0.3 is 15.0 Å². The molecular formula is C12H18F2N4O2. The fraction of sp³-hybridized carbons (Fsp3) is 0.667. The van der Waals surface area contributed by atoms with Crippen LogP contribution in [0.1, 0.15) is 24.0 Å². The van der Waals surface area contributed by atoms with E-state index in [9.17, 15) is 13.6 Å². The molecule has 0 aromatic carbocycles. The quantitative estimate of drug-likeness (QED) is 0.867. The van der Waals surface area contributed by atoms with Crippen LogP contribution in [0.25, 0.3) is 0 Å². The smallest absolute Gasteiger partial charge is 0.333 e. The van der Waals surface area contributed by atoms with Crippen LogP contribution in [0.4, 0.5) is 8.78 Å². The van der Waals surface area contributed by atoms with Gasteiger partial charge in [0.2, 0.25) is 0 Å². The van der Waals surface area contributed by atoms with Crippen molar-refractivity contribution < 1.29 is 18.3 Å². The number of hydrogen-bond acceptors (Lipinski definition) is 4. The lowest BCUT2D eigenvalue weighted by Crippen LogP contribution is -2.44. The highest BCUT2D eigenvalue weighted by Gasteiger charge is 2.33. The first-order valence-electron chi connectivity index (χ1n) is 6.45. The Balaban J connectivity index is 1.99. The third kappa shape index (κ3) is 3.31. The van der Waals surface area contributed by atoms with Crippen LogP contribution in [0.15, 0.2) is 12.3 Å². The molecule has 8 heteroatoms. The summed E-state index contributed by atoms with van der Waals surface area (Å²) in [7, 11) is 1.93. The third-order valence-corrected chi connectivity index (χ3v) is 3.19. The first kappa shape index (κ1) is 14.9. The second kappa shape index (κ2) is 6.27. The number of nitrogens with one attached hydrogen (secondary N) is 1. The highest BCUT2D eigenvalue weighted by atomic mass is 19.3. The average Bonchev–Trinajstić information content (AvgIpc) is 2.97. The number of rotatable bonds is 5. The van der Waals surface area contributed by atoms with Crippen LogP contribution in [0.3, 0.4) is 0 Å². The molecule has 20 heavy (non-hydrogen) atoms. The SMILES string of the molecule is CCO[C@H]1CN(C)C[C@@H]1NC(=O)c1ccn(C(F)F)n1. The lowest BCUT2D eigenvalue weighted by Gasteiger charge is -2.19. The molecule has 1 N–H and O–H groups in total. The minimum atomic E-state index is -2.75. The lowest BCUT2D eigenvalue weighted by molar-refractivity contribution is 0.0501. The number of likely N-dealkylation sites (tertiary alicyclic amines) is 1. The second-order valence-electron chi connectivity index (χ2n) is 4.75. The number of aromatic nitrogens is 2. The summed E-state index contributed by atoms with van der Waals surface area (Å²) in [5, 5.41) is 6.33. The van der Waals surface area contributed by atoms with Crippen LogP contribution in [0.5, 0.6) is 0 Å². The Hall–Kier alpha value is -1.54. The molecule has 1 amide bonds. The van der Waals surface area contributed by atoms with E-state index in [2.05, 4.69) is 10.4 Å². The van der Waals surface area contributed by atoms with Crippen molar-refractivity contribution in [1.29, 1.82) is 0 Å². The number of nitrogens with zero attached hydrogens (tertiary/aromatic N) is 3. The van der Waals surface area contributed by atoms with Crippen LogP contribution < -0.4 is 5.32 Å². The van der Waals surface area contributed by atoms with Crippen LogP contribution >= 0.6 is 0 Å². The minimum Gasteiger partial charge on any atom is -0.375 e. The molecular weight excluding hydrogens is 270 g/mol. The summed E-state index contributed by atoms with van der Waals surface area (Å²) in [4.78, 5) is 14.0. The highest BCUT2D eigenvalue weighted by Crippen LogP contribution is 2.13. The summed E-state index contributed by atoms with van der Waals surface area (Å²) < 4.78 is 30.8. The lowest BCUT2D eigenvalue weighted by atomic mass is 10.2. The summed E-state index contributed by atoms with van der Waals surface area (Å²) in [6.07, 6.45) is 0.992. The van der Waals surface area contributed by atoms with Crippen LogP contribution in [-0.2, 0) is 4.74 Å². The van der Waals surface area contributed by atoms with E-state index in [1.54, 1.807) is 0 Å². The normalized spacial score (nSPS) is 23.4. The topological polar surface area (TPSA) is 59.4 Å². The van der Waals surface area contributed by atoms with Gasteiger partial charge in [0.1, 0.15) is 5.69 Å². The zero-order valence-electron chi connectivity index (χ0n) is 11.4. The van der Waals surface area contributed by atoms with Crippen LogP contribution in [-0.4, -0.2) is 59.5 Å². The molecule has 1 aromatic heterocycles. The molecule has 2 atom stereocenters. The molecule has 1 aromatic rings. The first-order valence-corrected chi connectivity index (χ1v) is 6.45. The van der Waals surface area contributed by atoms with Gasteiger partial charge in [0.25, 0.3) is 5.91 Å². The van der Waals surface area contributed by atoms with E-state index in [1.807, 2.05) is 18.9 Å². The molecule has 2 rings (SSSR count). The molecule has 0 spiro atoms. The van der Waals surface area contributed by atoms with E-state index >= 15 is 0 Å². The molecule has 0 bridgehead atoms. The Morgan fingerprint density at radius 2 is 2.35 bits per heavy atom. The van der Waals surface area contributed by atoms with E-state index in [-0.39, 0.29) is 17.8 Å². The van der Waals surface area contributed by atoms with Gasteiger partial charge in [-0.3, -0.25) is 4.79 Å². The molecule has 2 heterocycles. The number of hydrogen-bond donors (Lipinski definition) is 1. The van der Waals surface area contributed by atoms with Gasteiger partial charge in [-0.15, -0.1) is 0 Å². The van der Waals surface area contributed by atoms with Gasteiger partial charge in [-0.05, 0) is 20.0 Å². The molecule has 0 aliphatic carbocycles. The Morgan fingerprint density at radius 1 is 1.60 bits per heavy atom. The van der Waals surface area contributed by atoms with E-state index in [1.165, 1.54) is 6.07 Å². The van der Waals surface area contributed by atoms with Gasteiger partial charge in [-0.2, -0.15) is 13.9 Å². The standard InChI is InChI=1S/C12H18F2N4O2/c1-3-20-10-7-17(2)6-9(10)15-11(19)8-4-5-18(16-8)12(13)14/h4-5,9-10,12H,3,6-7H2,1-2H3,(H,15,19)/t9-,10-/m0/s1. The summed E-state index contributed by atoms with van der Waals surface area (Å²) in [6.45, 7) is 1.09. The molecule has 0 radical (unpaired) electrons. The van der Waals surface area contributed by atoms with E-state index < -0.39 is 12.5 Å². The number of ether oxygens (including phenoxy) is 1. The summed E-state index contributed by atoms with van der Waals surface area (Å²) in [5.41, 5.74) is -0.0184. The highest BCUT2D eigenvalue weighted by molar-refractivity contribution is 5.92. The van der Waals surface area contributed by atoms with Gasteiger partial charge in [0, 0.05) is 25.9 Å². The van der Waals surface area contributed by atoms with Crippen molar-refractivity contribution in [2.24, 2.45) is 0 Å². The largest absolute Gasteiger partial charge is 0.375 e. The maximum absolute atomic E-state index is 12.4. The molecule has 112 valence electrons. The predicted molar refractivity (Wildman–Crippen MR) is 67.6 cm³/mol. The van der Waals surface area contributed by atoms with E-state index in [0.717, 1.165) is 12.7 Å². The van der Waals surface area contributed by atoms with Crippen molar-refractivity contribution in [3.8, 4) is 0 Å². The maximum atomic E-state index is 12.4. The van der Waals surface area contributed by atoms with Gasteiger partial charge >= 0.3 is 6.55 Å². The molecule has 1 aliphatic rings. The van der Waals surface area contributed by atoms with Crippen molar-refractivity contribution in [1.82, 2.24) is 20.0 Å². The first-order chi connectivity index (χ1) is 9.51. The molecule has 0 saturated carbocycles. The van der Waals surface area contributed by atoms with E-state index in [0.29, 0.717) is 17.8 Å². The van der Waals surface area contributed by atoms with Crippen LogP contribution in [0, 0.1) is 0 Å². The summed E-state index contributed by atoms with van der Waals surface area (Å²) in [6, 6.07) is 1.11. The van der Waals surface area contributed by atoms with Gasteiger partial charge in [0.15, 0.2) is 0 Å². The average molecular weight is 288 g/mol. The Bertz CT molecular complexity index is 466. The van der Waals surface area contributed by atoms with Gasteiger partial charge in [-0.25, -0.2) is 4.68 Å². The molecule has 1 saturated heterocycles.